The predicted molar refractivity (Wildman–Crippen MR) is 79.9 cm³/mol. The summed E-state index contributed by atoms with van der Waals surface area (Å²) >= 11 is 0. The van der Waals surface area contributed by atoms with Gasteiger partial charge in [-0.25, -0.2) is 0 Å². The molecular weight excluding hydrogens is 270 g/mol. The summed E-state index contributed by atoms with van der Waals surface area (Å²) in [5.41, 5.74) is 1.11. The summed E-state index contributed by atoms with van der Waals surface area (Å²) in [6, 6.07) is 2.24. The van der Waals surface area contributed by atoms with E-state index in [1.165, 1.54) is 0 Å². The number of furan rings is 1. The quantitative estimate of drug-likeness (QED) is 0.800. The van der Waals surface area contributed by atoms with Gasteiger partial charge in [-0.3, -0.25) is 15.0 Å². The molecule has 2 N–H and O–H groups in total. The van der Waals surface area contributed by atoms with E-state index < -0.39 is 0 Å². The summed E-state index contributed by atoms with van der Waals surface area (Å²) in [4.78, 5) is 14.1. The number of carbonyl (C=O) groups is 1. The summed E-state index contributed by atoms with van der Waals surface area (Å²) in [5.74, 6) is 0.609. The molecule has 0 aromatic carbocycles. The number of aliphatic hydroxyl groups is 1. The molecule has 0 bridgehead atoms. The van der Waals surface area contributed by atoms with Gasteiger partial charge in [-0.05, 0) is 34.1 Å². The van der Waals surface area contributed by atoms with Gasteiger partial charge < -0.3 is 9.52 Å². The lowest BCUT2D eigenvalue weighted by Gasteiger charge is -2.25. The van der Waals surface area contributed by atoms with Crippen LogP contribution in [0, 0.1) is 25.2 Å². The van der Waals surface area contributed by atoms with Crippen LogP contribution in [0.25, 0.3) is 0 Å². The molecule has 1 rings (SSSR count). The first-order chi connectivity index (χ1) is 9.90. The number of carbonyl (C=O) groups excluding carboxylic acids is 1. The molecule has 0 aliphatic carbocycles. The maximum absolute atomic E-state index is 12.1. The van der Waals surface area contributed by atoms with E-state index in [9.17, 15) is 4.79 Å². The van der Waals surface area contributed by atoms with Crippen LogP contribution in [-0.4, -0.2) is 41.7 Å². The van der Waals surface area contributed by atoms with Crippen molar-refractivity contribution in [3.05, 3.63) is 16.9 Å². The number of aryl methyl sites for hydroxylation is 1. The fraction of sp³-hybridized carbons (Fsp3) is 0.600. The van der Waals surface area contributed by atoms with Crippen LogP contribution in [0.4, 0.5) is 5.88 Å². The SMILES string of the molecule is Cc1oc(NC(=O)CN(CCCO)C(C)C)c(C#N)c1C. The van der Waals surface area contributed by atoms with Gasteiger partial charge in [-0.15, -0.1) is 0 Å². The minimum Gasteiger partial charge on any atom is -0.444 e. The summed E-state index contributed by atoms with van der Waals surface area (Å²) in [5, 5.41) is 20.7. The van der Waals surface area contributed by atoms with Gasteiger partial charge in [0, 0.05) is 24.8 Å². The number of anilines is 1. The maximum Gasteiger partial charge on any atom is 0.240 e. The second-order valence-corrected chi connectivity index (χ2v) is 5.29. The zero-order chi connectivity index (χ0) is 16.0. The van der Waals surface area contributed by atoms with Crippen molar-refractivity contribution in [1.29, 1.82) is 5.26 Å². The molecule has 1 aromatic heterocycles. The van der Waals surface area contributed by atoms with Crippen LogP contribution in [0.15, 0.2) is 4.42 Å². The highest BCUT2D eigenvalue weighted by Crippen LogP contribution is 2.25. The molecule has 0 atom stereocenters. The molecule has 0 unspecified atom stereocenters. The van der Waals surface area contributed by atoms with E-state index in [2.05, 4.69) is 5.32 Å². The molecule has 1 heterocycles. The third-order valence-electron chi connectivity index (χ3n) is 3.43. The standard InChI is InChI=1S/C15H23N3O3/c1-10(2)18(6-5-7-19)9-14(20)17-15-13(8-16)11(3)12(4)21-15/h10,19H,5-7,9H2,1-4H3,(H,17,20). The molecule has 0 saturated heterocycles. The van der Waals surface area contributed by atoms with Crippen LogP contribution in [0.1, 0.15) is 37.2 Å². The molecule has 0 saturated carbocycles. The first-order valence-corrected chi connectivity index (χ1v) is 7.05. The molecule has 0 aliphatic rings. The van der Waals surface area contributed by atoms with E-state index in [0.717, 1.165) is 5.56 Å². The number of aliphatic hydroxyl groups excluding tert-OH is 1. The van der Waals surface area contributed by atoms with E-state index in [4.69, 9.17) is 14.8 Å². The molecule has 0 radical (unpaired) electrons. The average molecular weight is 293 g/mol. The minimum atomic E-state index is -0.230. The van der Waals surface area contributed by atoms with Crippen molar-refractivity contribution in [3.8, 4) is 6.07 Å². The zero-order valence-electron chi connectivity index (χ0n) is 13.1. The normalized spacial score (nSPS) is 11.0. The molecule has 1 amide bonds. The molecule has 0 spiro atoms. The van der Waals surface area contributed by atoms with Gasteiger partial charge in [0.15, 0.2) is 0 Å². The topological polar surface area (TPSA) is 89.5 Å². The summed E-state index contributed by atoms with van der Waals surface area (Å²) in [6.07, 6.45) is 0.619. The summed E-state index contributed by atoms with van der Waals surface area (Å²) < 4.78 is 5.42. The van der Waals surface area contributed by atoms with Crippen molar-refractivity contribution in [2.45, 2.75) is 40.2 Å². The fourth-order valence-electron chi connectivity index (χ4n) is 1.99. The average Bonchev–Trinajstić information content (AvgIpc) is 2.68. The molecular formula is C15H23N3O3. The molecule has 21 heavy (non-hydrogen) atoms. The van der Waals surface area contributed by atoms with E-state index in [1.54, 1.807) is 13.8 Å². The highest BCUT2D eigenvalue weighted by atomic mass is 16.4. The van der Waals surface area contributed by atoms with E-state index in [-0.39, 0.29) is 31.0 Å². The second-order valence-electron chi connectivity index (χ2n) is 5.29. The van der Waals surface area contributed by atoms with Crippen molar-refractivity contribution in [2.24, 2.45) is 0 Å². The number of rotatable bonds is 7. The Kier molecular flexibility index (Phi) is 6.40. The van der Waals surface area contributed by atoms with Crippen LogP contribution < -0.4 is 5.32 Å². The Morgan fingerprint density at radius 1 is 1.48 bits per heavy atom. The van der Waals surface area contributed by atoms with Crippen LogP contribution >= 0.6 is 0 Å². The molecule has 6 heteroatoms. The Labute approximate surface area is 125 Å². The molecule has 0 fully saturated rings. The lowest BCUT2D eigenvalue weighted by molar-refractivity contribution is -0.117. The van der Waals surface area contributed by atoms with Gasteiger partial charge in [0.2, 0.25) is 11.8 Å². The van der Waals surface area contributed by atoms with Crippen LogP contribution in [0.2, 0.25) is 0 Å². The maximum atomic E-state index is 12.1. The predicted octanol–water partition coefficient (Wildman–Crippen LogP) is 1.80. The van der Waals surface area contributed by atoms with Crippen LogP contribution in [0.5, 0.6) is 0 Å². The van der Waals surface area contributed by atoms with Crippen LogP contribution in [0.3, 0.4) is 0 Å². The third kappa shape index (κ3) is 4.59. The smallest absolute Gasteiger partial charge is 0.240 e. The Hall–Kier alpha value is -1.84. The van der Waals surface area contributed by atoms with Crippen molar-refractivity contribution in [3.63, 3.8) is 0 Å². The Morgan fingerprint density at radius 2 is 2.14 bits per heavy atom. The molecule has 1 aromatic rings. The minimum absolute atomic E-state index is 0.0972. The Balaban J connectivity index is 2.73. The van der Waals surface area contributed by atoms with Crippen molar-refractivity contribution >= 4 is 11.8 Å². The third-order valence-corrected chi connectivity index (χ3v) is 3.43. The summed E-state index contributed by atoms with van der Waals surface area (Å²) in [7, 11) is 0. The number of amides is 1. The molecule has 0 aliphatic heterocycles. The van der Waals surface area contributed by atoms with E-state index >= 15 is 0 Å². The highest BCUT2D eigenvalue weighted by Gasteiger charge is 2.19. The monoisotopic (exact) mass is 293 g/mol. The second kappa shape index (κ2) is 7.81. The lowest BCUT2D eigenvalue weighted by atomic mass is 10.2. The lowest BCUT2D eigenvalue weighted by Crippen LogP contribution is -2.39. The van der Waals surface area contributed by atoms with Crippen molar-refractivity contribution < 1.29 is 14.3 Å². The van der Waals surface area contributed by atoms with E-state index in [1.807, 2.05) is 24.8 Å². The number of hydrogen-bond donors (Lipinski definition) is 2. The van der Waals surface area contributed by atoms with Crippen molar-refractivity contribution in [2.75, 3.05) is 25.0 Å². The number of hydrogen-bond acceptors (Lipinski definition) is 5. The molecule has 116 valence electrons. The van der Waals surface area contributed by atoms with Gasteiger partial charge in [0.05, 0.1) is 6.54 Å². The number of nitrogens with one attached hydrogen (secondary N) is 1. The summed E-state index contributed by atoms with van der Waals surface area (Å²) in [6.45, 7) is 8.46. The van der Waals surface area contributed by atoms with E-state index in [0.29, 0.717) is 24.3 Å². The van der Waals surface area contributed by atoms with Gasteiger partial charge in [0.25, 0.3) is 0 Å². The number of nitriles is 1. The first-order valence-electron chi connectivity index (χ1n) is 7.05. The fourth-order valence-corrected chi connectivity index (χ4v) is 1.99. The van der Waals surface area contributed by atoms with Crippen LogP contribution in [-0.2, 0) is 4.79 Å². The Bertz CT molecular complexity index is 529. The molecule has 6 nitrogen and oxygen atoms in total. The highest BCUT2D eigenvalue weighted by molar-refractivity contribution is 5.92. The van der Waals surface area contributed by atoms with Gasteiger partial charge in [0.1, 0.15) is 17.4 Å². The van der Waals surface area contributed by atoms with Gasteiger partial charge >= 0.3 is 0 Å². The Morgan fingerprint density at radius 3 is 2.67 bits per heavy atom. The number of nitrogens with zero attached hydrogens (tertiary/aromatic N) is 2. The zero-order valence-corrected chi connectivity index (χ0v) is 13.1. The largest absolute Gasteiger partial charge is 0.444 e. The van der Waals surface area contributed by atoms with Gasteiger partial charge in [-0.1, -0.05) is 0 Å². The van der Waals surface area contributed by atoms with Gasteiger partial charge in [-0.2, -0.15) is 5.26 Å². The van der Waals surface area contributed by atoms with Crippen molar-refractivity contribution in [1.82, 2.24) is 4.90 Å². The first kappa shape index (κ1) is 17.2.